The first kappa shape index (κ1) is 16.9. The van der Waals surface area contributed by atoms with Gasteiger partial charge in [0.1, 0.15) is 0 Å². The monoisotopic (exact) mass is 272 g/mol. The van der Waals surface area contributed by atoms with E-state index in [4.69, 9.17) is 4.74 Å². The van der Waals surface area contributed by atoms with E-state index in [-0.39, 0.29) is 6.10 Å². The first-order chi connectivity index (χ1) is 9.27. The van der Waals surface area contributed by atoms with Crippen LogP contribution in [0.15, 0.2) is 0 Å². The number of hydrogen-bond acceptors (Lipinski definition) is 4. The lowest BCUT2D eigenvalue weighted by Crippen LogP contribution is -2.45. The van der Waals surface area contributed by atoms with Crippen LogP contribution in [0.4, 0.5) is 0 Å². The van der Waals surface area contributed by atoms with Crippen LogP contribution in [0.1, 0.15) is 45.4 Å². The van der Waals surface area contributed by atoms with Crippen LogP contribution in [-0.2, 0) is 4.74 Å². The van der Waals surface area contributed by atoms with E-state index in [2.05, 4.69) is 17.1 Å². The molecular weight excluding hydrogens is 240 g/mol. The van der Waals surface area contributed by atoms with Gasteiger partial charge < -0.3 is 15.2 Å². The van der Waals surface area contributed by atoms with Gasteiger partial charge in [-0.15, -0.1) is 0 Å². The van der Waals surface area contributed by atoms with Crippen molar-refractivity contribution in [1.82, 2.24) is 10.2 Å². The van der Waals surface area contributed by atoms with E-state index in [0.717, 1.165) is 39.1 Å². The SMILES string of the molecule is CCCCOCC(O)CN1CCCCC1CCNC. The molecule has 2 atom stereocenters. The van der Waals surface area contributed by atoms with Gasteiger partial charge in [0.15, 0.2) is 0 Å². The van der Waals surface area contributed by atoms with E-state index in [1.54, 1.807) is 0 Å². The van der Waals surface area contributed by atoms with E-state index in [1.165, 1.54) is 25.7 Å². The highest BCUT2D eigenvalue weighted by atomic mass is 16.5. The molecule has 0 aliphatic carbocycles. The van der Waals surface area contributed by atoms with Gasteiger partial charge in [0.25, 0.3) is 0 Å². The second-order valence-electron chi connectivity index (χ2n) is 5.62. The minimum absolute atomic E-state index is 0.341. The van der Waals surface area contributed by atoms with Gasteiger partial charge in [-0.2, -0.15) is 0 Å². The molecule has 0 aromatic carbocycles. The van der Waals surface area contributed by atoms with Gasteiger partial charge in [0.05, 0.1) is 12.7 Å². The van der Waals surface area contributed by atoms with Crippen LogP contribution in [0.25, 0.3) is 0 Å². The lowest BCUT2D eigenvalue weighted by molar-refractivity contribution is 0.000580. The van der Waals surface area contributed by atoms with Gasteiger partial charge in [0.2, 0.25) is 0 Å². The third-order valence-electron chi connectivity index (χ3n) is 3.87. The third kappa shape index (κ3) is 7.25. The first-order valence-corrected chi connectivity index (χ1v) is 7.92. The van der Waals surface area contributed by atoms with Crippen LogP contribution >= 0.6 is 0 Å². The fraction of sp³-hybridized carbons (Fsp3) is 1.00. The highest BCUT2D eigenvalue weighted by molar-refractivity contribution is 4.79. The fourth-order valence-corrected chi connectivity index (χ4v) is 2.73. The zero-order valence-electron chi connectivity index (χ0n) is 12.7. The second-order valence-corrected chi connectivity index (χ2v) is 5.62. The normalized spacial score (nSPS) is 22.6. The Kier molecular flexibility index (Phi) is 9.43. The number of ether oxygens (including phenoxy) is 1. The van der Waals surface area contributed by atoms with Gasteiger partial charge in [-0.25, -0.2) is 0 Å². The summed E-state index contributed by atoms with van der Waals surface area (Å²) < 4.78 is 5.50. The quantitative estimate of drug-likeness (QED) is 0.593. The summed E-state index contributed by atoms with van der Waals surface area (Å²) in [6.45, 7) is 6.36. The number of aliphatic hydroxyl groups excluding tert-OH is 1. The van der Waals surface area contributed by atoms with Crippen molar-refractivity contribution in [2.24, 2.45) is 0 Å². The van der Waals surface area contributed by atoms with E-state index in [9.17, 15) is 5.11 Å². The summed E-state index contributed by atoms with van der Waals surface area (Å²) in [7, 11) is 2.00. The molecule has 1 fully saturated rings. The summed E-state index contributed by atoms with van der Waals surface area (Å²) >= 11 is 0. The molecule has 0 aromatic heterocycles. The van der Waals surface area contributed by atoms with Gasteiger partial charge in [-0.05, 0) is 45.8 Å². The molecule has 19 heavy (non-hydrogen) atoms. The molecule has 1 aliphatic heterocycles. The predicted octanol–water partition coefficient (Wildman–Crippen LogP) is 1.63. The van der Waals surface area contributed by atoms with Crippen molar-refractivity contribution < 1.29 is 9.84 Å². The van der Waals surface area contributed by atoms with E-state index in [1.807, 2.05) is 7.05 Å². The van der Waals surface area contributed by atoms with Crippen molar-refractivity contribution in [2.75, 3.05) is 39.9 Å². The van der Waals surface area contributed by atoms with Gasteiger partial charge >= 0.3 is 0 Å². The Morgan fingerprint density at radius 1 is 1.42 bits per heavy atom. The fourth-order valence-electron chi connectivity index (χ4n) is 2.73. The number of nitrogens with zero attached hydrogens (tertiary/aromatic N) is 1. The number of likely N-dealkylation sites (tertiary alicyclic amines) is 1. The number of piperidine rings is 1. The average molecular weight is 272 g/mol. The number of nitrogens with one attached hydrogen (secondary N) is 1. The van der Waals surface area contributed by atoms with Crippen molar-refractivity contribution in [3.63, 3.8) is 0 Å². The van der Waals surface area contributed by atoms with Crippen molar-refractivity contribution in [1.29, 1.82) is 0 Å². The first-order valence-electron chi connectivity index (χ1n) is 7.92. The number of unbranched alkanes of at least 4 members (excludes halogenated alkanes) is 1. The lowest BCUT2D eigenvalue weighted by Gasteiger charge is -2.37. The molecule has 2 unspecified atom stereocenters. The van der Waals surface area contributed by atoms with Crippen molar-refractivity contribution in [3.05, 3.63) is 0 Å². The van der Waals surface area contributed by atoms with E-state index >= 15 is 0 Å². The van der Waals surface area contributed by atoms with Crippen LogP contribution in [0.5, 0.6) is 0 Å². The largest absolute Gasteiger partial charge is 0.389 e. The molecule has 1 aliphatic rings. The Labute approximate surface area is 118 Å². The molecule has 1 saturated heterocycles. The summed E-state index contributed by atoms with van der Waals surface area (Å²) in [5, 5.41) is 13.3. The van der Waals surface area contributed by atoms with Crippen LogP contribution < -0.4 is 5.32 Å². The number of aliphatic hydroxyl groups is 1. The van der Waals surface area contributed by atoms with Crippen LogP contribution in [0, 0.1) is 0 Å². The molecule has 4 nitrogen and oxygen atoms in total. The zero-order chi connectivity index (χ0) is 13.9. The zero-order valence-corrected chi connectivity index (χ0v) is 12.7. The summed E-state index contributed by atoms with van der Waals surface area (Å²) in [4.78, 5) is 2.45. The van der Waals surface area contributed by atoms with Crippen molar-refractivity contribution >= 4 is 0 Å². The Balaban J connectivity index is 2.22. The molecule has 2 N–H and O–H groups in total. The predicted molar refractivity (Wildman–Crippen MR) is 79.5 cm³/mol. The highest BCUT2D eigenvalue weighted by Gasteiger charge is 2.23. The highest BCUT2D eigenvalue weighted by Crippen LogP contribution is 2.19. The Morgan fingerprint density at radius 2 is 2.26 bits per heavy atom. The third-order valence-corrected chi connectivity index (χ3v) is 3.87. The van der Waals surface area contributed by atoms with Crippen molar-refractivity contribution in [3.8, 4) is 0 Å². The molecule has 1 rings (SSSR count). The Morgan fingerprint density at radius 3 is 3.00 bits per heavy atom. The molecule has 0 saturated carbocycles. The maximum absolute atomic E-state index is 10.1. The maximum Gasteiger partial charge on any atom is 0.0900 e. The second kappa shape index (κ2) is 10.6. The molecule has 0 bridgehead atoms. The number of hydrogen-bond donors (Lipinski definition) is 2. The molecule has 0 amide bonds. The molecular formula is C15H32N2O2. The maximum atomic E-state index is 10.1. The minimum Gasteiger partial charge on any atom is -0.389 e. The Hall–Kier alpha value is -0.160. The average Bonchev–Trinajstić information content (AvgIpc) is 2.43. The van der Waals surface area contributed by atoms with Crippen LogP contribution in [-0.4, -0.2) is 62.0 Å². The minimum atomic E-state index is -0.341. The number of rotatable bonds is 10. The summed E-state index contributed by atoms with van der Waals surface area (Å²) in [5.41, 5.74) is 0. The smallest absolute Gasteiger partial charge is 0.0900 e. The Bertz CT molecular complexity index is 214. The summed E-state index contributed by atoms with van der Waals surface area (Å²) in [6, 6.07) is 0.631. The summed E-state index contributed by atoms with van der Waals surface area (Å²) in [5.74, 6) is 0. The summed E-state index contributed by atoms with van der Waals surface area (Å²) in [6.07, 6.45) is 6.93. The molecule has 0 aromatic rings. The van der Waals surface area contributed by atoms with Gasteiger partial charge in [0, 0.05) is 19.2 Å². The molecule has 0 spiro atoms. The van der Waals surface area contributed by atoms with E-state index in [0.29, 0.717) is 12.6 Å². The standard InChI is InChI=1S/C15H32N2O2/c1-3-4-11-19-13-15(18)12-17-10-6-5-7-14(17)8-9-16-2/h14-16,18H,3-13H2,1-2H3. The number of β-amino-alcohol motifs (C(OH)–C–C–N with tert-alkyl or cyclic N) is 1. The lowest BCUT2D eigenvalue weighted by atomic mass is 9.99. The van der Waals surface area contributed by atoms with Gasteiger partial charge in [-0.3, -0.25) is 4.90 Å². The van der Waals surface area contributed by atoms with E-state index < -0.39 is 0 Å². The molecule has 114 valence electrons. The van der Waals surface area contributed by atoms with Crippen molar-refractivity contribution in [2.45, 2.75) is 57.6 Å². The molecule has 0 radical (unpaired) electrons. The molecule has 1 heterocycles. The topological polar surface area (TPSA) is 44.7 Å². The van der Waals surface area contributed by atoms with Crippen LogP contribution in [0.3, 0.4) is 0 Å². The van der Waals surface area contributed by atoms with Gasteiger partial charge in [-0.1, -0.05) is 19.8 Å². The molecule has 4 heteroatoms. The van der Waals surface area contributed by atoms with Crippen LogP contribution in [0.2, 0.25) is 0 Å².